The molecule has 2 rings (SSSR count). The summed E-state index contributed by atoms with van der Waals surface area (Å²) in [5, 5.41) is 2.97. The van der Waals surface area contributed by atoms with Crippen molar-refractivity contribution < 1.29 is 17.9 Å². The summed E-state index contributed by atoms with van der Waals surface area (Å²) in [7, 11) is 0. The van der Waals surface area contributed by atoms with Crippen molar-refractivity contribution in [2.75, 3.05) is 11.9 Å². The summed E-state index contributed by atoms with van der Waals surface area (Å²) in [6.45, 7) is -0.939. The second kappa shape index (κ2) is 5.64. The normalized spacial score (nSPS) is 11.3. The van der Waals surface area contributed by atoms with Gasteiger partial charge in [0.15, 0.2) is 6.61 Å². The molecule has 0 unspecified atom stereocenters. The standard InChI is InChI=1S/C12H12F3N3O/c13-12(14,15)8-19-10-4-2-1-3-9(10)18-7-11-16-5-6-17-11/h1-6,18H,7-8H2,(H,16,17). The predicted molar refractivity (Wildman–Crippen MR) is 63.9 cm³/mol. The van der Waals surface area contributed by atoms with Crippen molar-refractivity contribution in [1.29, 1.82) is 0 Å². The van der Waals surface area contributed by atoms with Gasteiger partial charge in [-0.25, -0.2) is 4.98 Å². The van der Waals surface area contributed by atoms with E-state index < -0.39 is 12.8 Å². The van der Waals surface area contributed by atoms with Gasteiger partial charge in [0.1, 0.15) is 11.6 Å². The Morgan fingerprint density at radius 1 is 1.26 bits per heavy atom. The second-order valence-electron chi connectivity index (χ2n) is 3.79. The maximum atomic E-state index is 12.1. The highest BCUT2D eigenvalue weighted by molar-refractivity contribution is 5.56. The van der Waals surface area contributed by atoms with Crippen LogP contribution in [0.2, 0.25) is 0 Å². The van der Waals surface area contributed by atoms with Crippen LogP contribution in [0, 0.1) is 0 Å². The number of alkyl halides is 3. The lowest BCUT2D eigenvalue weighted by Gasteiger charge is -2.13. The topological polar surface area (TPSA) is 49.9 Å². The molecule has 0 amide bonds. The third-order valence-corrected chi connectivity index (χ3v) is 2.28. The second-order valence-corrected chi connectivity index (χ2v) is 3.79. The molecule has 0 radical (unpaired) electrons. The fraction of sp³-hybridized carbons (Fsp3) is 0.250. The summed E-state index contributed by atoms with van der Waals surface area (Å²) >= 11 is 0. The quantitative estimate of drug-likeness (QED) is 0.879. The van der Waals surface area contributed by atoms with Crippen LogP contribution in [-0.4, -0.2) is 22.8 Å². The van der Waals surface area contributed by atoms with Crippen molar-refractivity contribution in [3.63, 3.8) is 0 Å². The number of benzene rings is 1. The molecule has 1 aromatic carbocycles. The van der Waals surface area contributed by atoms with Crippen LogP contribution in [-0.2, 0) is 6.54 Å². The van der Waals surface area contributed by atoms with Crippen LogP contribution in [0.25, 0.3) is 0 Å². The van der Waals surface area contributed by atoms with Crippen LogP contribution < -0.4 is 10.1 Å². The van der Waals surface area contributed by atoms with E-state index in [-0.39, 0.29) is 5.75 Å². The average Bonchev–Trinajstić information content (AvgIpc) is 2.87. The average molecular weight is 271 g/mol. The van der Waals surface area contributed by atoms with Crippen molar-refractivity contribution in [1.82, 2.24) is 9.97 Å². The number of halogens is 3. The van der Waals surface area contributed by atoms with Crippen LogP contribution in [0.1, 0.15) is 5.82 Å². The molecule has 0 aliphatic heterocycles. The highest BCUT2D eigenvalue weighted by Crippen LogP contribution is 2.26. The minimum atomic E-state index is -4.35. The van der Waals surface area contributed by atoms with E-state index in [4.69, 9.17) is 4.74 Å². The molecule has 0 saturated heterocycles. The van der Waals surface area contributed by atoms with Crippen LogP contribution in [0.5, 0.6) is 5.75 Å². The van der Waals surface area contributed by atoms with E-state index in [9.17, 15) is 13.2 Å². The van der Waals surface area contributed by atoms with Gasteiger partial charge in [0, 0.05) is 12.4 Å². The molecule has 0 bridgehead atoms. The molecular weight excluding hydrogens is 259 g/mol. The maximum Gasteiger partial charge on any atom is 0.422 e. The van der Waals surface area contributed by atoms with Gasteiger partial charge in [0.25, 0.3) is 0 Å². The lowest BCUT2D eigenvalue weighted by molar-refractivity contribution is -0.153. The van der Waals surface area contributed by atoms with Gasteiger partial charge in [-0.05, 0) is 12.1 Å². The molecule has 4 nitrogen and oxygen atoms in total. The van der Waals surface area contributed by atoms with E-state index in [0.29, 0.717) is 18.1 Å². The zero-order valence-electron chi connectivity index (χ0n) is 9.87. The zero-order valence-corrected chi connectivity index (χ0v) is 9.87. The molecule has 1 aromatic heterocycles. The Labute approximate surface area is 107 Å². The third-order valence-electron chi connectivity index (χ3n) is 2.28. The van der Waals surface area contributed by atoms with Gasteiger partial charge in [0.2, 0.25) is 0 Å². The number of H-pyrrole nitrogens is 1. The van der Waals surface area contributed by atoms with Crippen LogP contribution in [0.4, 0.5) is 18.9 Å². The molecule has 0 aliphatic carbocycles. The lowest BCUT2D eigenvalue weighted by Crippen LogP contribution is -2.19. The molecular formula is C12H12F3N3O. The van der Waals surface area contributed by atoms with Gasteiger partial charge < -0.3 is 15.0 Å². The number of imidazole rings is 1. The monoisotopic (exact) mass is 271 g/mol. The Morgan fingerprint density at radius 2 is 2.05 bits per heavy atom. The summed E-state index contributed by atoms with van der Waals surface area (Å²) in [5.41, 5.74) is 0.489. The number of anilines is 1. The van der Waals surface area contributed by atoms with Crippen LogP contribution in [0.15, 0.2) is 36.7 Å². The molecule has 0 saturated carbocycles. The first-order valence-corrected chi connectivity index (χ1v) is 5.55. The molecule has 0 aliphatic rings. The molecule has 1 heterocycles. The van der Waals surface area contributed by atoms with Crippen molar-refractivity contribution in [3.8, 4) is 5.75 Å². The molecule has 2 N–H and O–H groups in total. The first-order chi connectivity index (χ1) is 9.04. The fourth-order valence-corrected chi connectivity index (χ4v) is 1.47. The SMILES string of the molecule is FC(F)(F)COc1ccccc1NCc1ncc[nH]1. The molecule has 0 atom stereocenters. The molecule has 0 spiro atoms. The molecule has 102 valence electrons. The highest BCUT2D eigenvalue weighted by Gasteiger charge is 2.28. The first kappa shape index (κ1) is 13.3. The Kier molecular flexibility index (Phi) is 3.94. The summed E-state index contributed by atoms with van der Waals surface area (Å²) in [6, 6.07) is 6.46. The van der Waals surface area contributed by atoms with E-state index in [2.05, 4.69) is 15.3 Å². The molecule has 7 heteroatoms. The smallest absolute Gasteiger partial charge is 0.422 e. The number of ether oxygens (including phenoxy) is 1. The van der Waals surface area contributed by atoms with Crippen LogP contribution >= 0.6 is 0 Å². The van der Waals surface area contributed by atoms with E-state index in [1.165, 1.54) is 6.07 Å². The lowest BCUT2D eigenvalue weighted by atomic mass is 10.3. The number of hydrogen-bond acceptors (Lipinski definition) is 3. The molecule has 19 heavy (non-hydrogen) atoms. The number of nitrogens with one attached hydrogen (secondary N) is 2. The largest absolute Gasteiger partial charge is 0.482 e. The Hall–Kier alpha value is -2.18. The molecule has 2 aromatic rings. The number of para-hydroxylation sites is 2. The minimum Gasteiger partial charge on any atom is -0.482 e. The zero-order chi connectivity index (χ0) is 13.7. The number of rotatable bonds is 5. The number of nitrogens with zero attached hydrogens (tertiary/aromatic N) is 1. The highest BCUT2D eigenvalue weighted by atomic mass is 19.4. The van der Waals surface area contributed by atoms with Crippen molar-refractivity contribution in [3.05, 3.63) is 42.5 Å². The van der Waals surface area contributed by atoms with E-state index >= 15 is 0 Å². The van der Waals surface area contributed by atoms with E-state index in [0.717, 1.165) is 0 Å². The fourth-order valence-electron chi connectivity index (χ4n) is 1.47. The van der Waals surface area contributed by atoms with Gasteiger partial charge >= 0.3 is 6.18 Å². The Balaban J connectivity index is 1.99. The number of aromatic nitrogens is 2. The third kappa shape index (κ3) is 4.20. The summed E-state index contributed by atoms with van der Waals surface area (Å²) in [5.74, 6) is 0.844. The summed E-state index contributed by atoms with van der Waals surface area (Å²) < 4.78 is 41.1. The van der Waals surface area contributed by atoms with Gasteiger partial charge in [-0.2, -0.15) is 13.2 Å². The Morgan fingerprint density at radius 3 is 2.74 bits per heavy atom. The Bertz CT molecular complexity index is 511. The van der Waals surface area contributed by atoms with E-state index in [1.807, 2.05) is 0 Å². The van der Waals surface area contributed by atoms with E-state index in [1.54, 1.807) is 30.6 Å². The van der Waals surface area contributed by atoms with Crippen molar-refractivity contribution >= 4 is 5.69 Å². The van der Waals surface area contributed by atoms with Gasteiger partial charge in [-0.15, -0.1) is 0 Å². The van der Waals surface area contributed by atoms with Gasteiger partial charge in [-0.3, -0.25) is 0 Å². The summed E-state index contributed by atoms with van der Waals surface area (Å²) in [4.78, 5) is 6.90. The van der Waals surface area contributed by atoms with Crippen LogP contribution in [0.3, 0.4) is 0 Å². The number of aromatic amines is 1. The van der Waals surface area contributed by atoms with Gasteiger partial charge in [-0.1, -0.05) is 12.1 Å². The molecule has 0 fully saturated rings. The maximum absolute atomic E-state index is 12.1. The minimum absolute atomic E-state index is 0.159. The number of hydrogen-bond donors (Lipinski definition) is 2. The van der Waals surface area contributed by atoms with Crippen molar-refractivity contribution in [2.24, 2.45) is 0 Å². The first-order valence-electron chi connectivity index (χ1n) is 5.55. The summed E-state index contributed by atoms with van der Waals surface area (Å²) in [6.07, 6.45) is -1.08. The van der Waals surface area contributed by atoms with Gasteiger partial charge in [0.05, 0.1) is 12.2 Å². The predicted octanol–water partition coefficient (Wildman–Crippen LogP) is 2.96. The van der Waals surface area contributed by atoms with Crippen molar-refractivity contribution in [2.45, 2.75) is 12.7 Å².